The summed E-state index contributed by atoms with van der Waals surface area (Å²) in [4.78, 5) is 16.8. The second-order valence-electron chi connectivity index (χ2n) is 4.85. The number of esters is 1. The number of hydrogen-bond acceptors (Lipinski definition) is 5. The third-order valence-corrected chi connectivity index (χ3v) is 3.92. The topological polar surface area (TPSA) is 48.4 Å². The molecule has 0 aliphatic heterocycles. The monoisotopic (exact) mass is 305 g/mol. The van der Waals surface area contributed by atoms with Crippen molar-refractivity contribution in [2.24, 2.45) is 0 Å². The largest absolute Gasteiger partial charge is 0.491 e. The van der Waals surface area contributed by atoms with Crippen LogP contribution in [0.3, 0.4) is 0 Å². The second-order valence-corrected chi connectivity index (χ2v) is 5.84. The lowest BCUT2D eigenvalue weighted by Crippen LogP contribution is -2.05. The van der Waals surface area contributed by atoms with E-state index in [0.29, 0.717) is 17.2 Å². The molecule has 1 aromatic carbocycles. The first-order valence-corrected chi connectivity index (χ1v) is 7.74. The van der Waals surface area contributed by atoms with Crippen molar-refractivity contribution in [1.29, 1.82) is 0 Å². The summed E-state index contributed by atoms with van der Waals surface area (Å²) in [7, 11) is 0. The Bertz CT molecular complexity index is 617. The highest BCUT2D eigenvalue weighted by Crippen LogP contribution is 2.29. The number of carbonyl (C=O) groups is 1. The van der Waals surface area contributed by atoms with E-state index in [-0.39, 0.29) is 12.1 Å². The van der Waals surface area contributed by atoms with Crippen LogP contribution in [0.15, 0.2) is 24.3 Å². The van der Waals surface area contributed by atoms with Crippen LogP contribution < -0.4 is 4.74 Å². The number of aryl methyl sites for hydroxylation is 1. The molecule has 2 rings (SSSR count). The molecule has 5 heteroatoms. The molecule has 1 aromatic heterocycles. The molecule has 0 fully saturated rings. The molecule has 0 amide bonds. The maximum atomic E-state index is 11.8. The normalized spacial score (nSPS) is 10.7. The van der Waals surface area contributed by atoms with Crippen LogP contribution in [0.2, 0.25) is 0 Å². The predicted molar refractivity (Wildman–Crippen MR) is 84.0 cm³/mol. The average Bonchev–Trinajstić information content (AvgIpc) is 2.81. The van der Waals surface area contributed by atoms with E-state index >= 15 is 0 Å². The van der Waals surface area contributed by atoms with Gasteiger partial charge in [-0.1, -0.05) is 0 Å². The number of aromatic nitrogens is 1. The minimum Gasteiger partial charge on any atom is -0.491 e. The molecule has 4 nitrogen and oxygen atoms in total. The molecule has 0 saturated heterocycles. The number of benzene rings is 1. The number of ether oxygens (including phenoxy) is 2. The van der Waals surface area contributed by atoms with Gasteiger partial charge < -0.3 is 9.47 Å². The Morgan fingerprint density at radius 3 is 2.52 bits per heavy atom. The Labute approximate surface area is 128 Å². The fourth-order valence-corrected chi connectivity index (χ4v) is 2.82. The van der Waals surface area contributed by atoms with Crippen LogP contribution in [-0.4, -0.2) is 23.7 Å². The molecule has 0 saturated carbocycles. The standard InChI is InChI=1S/C16H19NO3S/c1-5-19-16(18)14-11(4)17-15(21-14)12-6-8-13(9-7-12)20-10(2)3/h6-10H,5H2,1-4H3. The van der Waals surface area contributed by atoms with Gasteiger partial charge in [-0.05, 0) is 52.0 Å². The molecule has 0 bridgehead atoms. The molecule has 0 N–H and O–H groups in total. The van der Waals surface area contributed by atoms with E-state index in [9.17, 15) is 4.79 Å². The van der Waals surface area contributed by atoms with Gasteiger partial charge in [-0.15, -0.1) is 11.3 Å². The van der Waals surface area contributed by atoms with Crippen LogP contribution in [-0.2, 0) is 4.74 Å². The van der Waals surface area contributed by atoms with Crippen molar-refractivity contribution in [2.45, 2.75) is 33.8 Å². The molecule has 1 heterocycles. The predicted octanol–water partition coefficient (Wildman–Crippen LogP) is 4.08. The molecule has 112 valence electrons. The number of rotatable bonds is 5. The summed E-state index contributed by atoms with van der Waals surface area (Å²) in [6.07, 6.45) is 0.147. The Hall–Kier alpha value is -1.88. The van der Waals surface area contributed by atoms with Gasteiger partial charge in [-0.3, -0.25) is 0 Å². The van der Waals surface area contributed by atoms with Crippen molar-refractivity contribution in [3.63, 3.8) is 0 Å². The molecular weight excluding hydrogens is 286 g/mol. The van der Waals surface area contributed by atoms with E-state index in [1.54, 1.807) is 6.92 Å². The zero-order valence-corrected chi connectivity index (χ0v) is 13.5. The van der Waals surface area contributed by atoms with Crippen LogP contribution in [0, 0.1) is 6.92 Å². The van der Waals surface area contributed by atoms with E-state index in [0.717, 1.165) is 16.3 Å². The highest BCUT2D eigenvalue weighted by atomic mass is 32.1. The van der Waals surface area contributed by atoms with Crippen molar-refractivity contribution in [3.05, 3.63) is 34.8 Å². The van der Waals surface area contributed by atoms with E-state index in [1.165, 1.54) is 11.3 Å². The summed E-state index contributed by atoms with van der Waals surface area (Å²) >= 11 is 1.35. The Kier molecular flexibility index (Phi) is 4.96. The van der Waals surface area contributed by atoms with Crippen molar-refractivity contribution in [2.75, 3.05) is 6.61 Å². The van der Waals surface area contributed by atoms with E-state index in [2.05, 4.69) is 4.98 Å². The van der Waals surface area contributed by atoms with Crippen LogP contribution in [0.25, 0.3) is 10.6 Å². The summed E-state index contributed by atoms with van der Waals surface area (Å²) in [6.45, 7) is 7.96. The molecule has 0 aliphatic carbocycles. The summed E-state index contributed by atoms with van der Waals surface area (Å²) in [5, 5.41) is 0.812. The van der Waals surface area contributed by atoms with Gasteiger partial charge in [0.05, 0.1) is 18.4 Å². The SMILES string of the molecule is CCOC(=O)c1sc(-c2ccc(OC(C)C)cc2)nc1C. The van der Waals surface area contributed by atoms with Crippen LogP contribution >= 0.6 is 11.3 Å². The molecule has 0 aliphatic rings. The van der Waals surface area contributed by atoms with Gasteiger partial charge >= 0.3 is 5.97 Å². The summed E-state index contributed by atoms with van der Waals surface area (Å²) in [5.74, 6) is 0.520. The highest BCUT2D eigenvalue weighted by molar-refractivity contribution is 7.17. The van der Waals surface area contributed by atoms with Gasteiger partial charge in [0.2, 0.25) is 0 Å². The van der Waals surface area contributed by atoms with Gasteiger partial charge in [0, 0.05) is 5.56 Å². The summed E-state index contributed by atoms with van der Waals surface area (Å²) in [5.41, 5.74) is 1.67. The summed E-state index contributed by atoms with van der Waals surface area (Å²) in [6, 6.07) is 7.72. The molecule has 2 aromatic rings. The zero-order valence-electron chi connectivity index (χ0n) is 12.7. The number of hydrogen-bond donors (Lipinski definition) is 0. The van der Waals surface area contributed by atoms with Gasteiger partial charge in [0.15, 0.2) is 0 Å². The van der Waals surface area contributed by atoms with Crippen molar-refractivity contribution in [1.82, 2.24) is 4.98 Å². The Morgan fingerprint density at radius 2 is 1.95 bits per heavy atom. The molecule has 0 radical (unpaired) electrons. The fraction of sp³-hybridized carbons (Fsp3) is 0.375. The number of carbonyl (C=O) groups excluding carboxylic acids is 1. The summed E-state index contributed by atoms with van der Waals surface area (Å²) < 4.78 is 10.6. The number of nitrogens with zero attached hydrogens (tertiary/aromatic N) is 1. The zero-order chi connectivity index (χ0) is 15.4. The van der Waals surface area contributed by atoms with Crippen molar-refractivity contribution >= 4 is 17.3 Å². The maximum Gasteiger partial charge on any atom is 0.350 e. The molecule has 0 spiro atoms. The van der Waals surface area contributed by atoms with Crippen LogP contribution in [0.1, 0.15) is 36.1 Å². The first kappa shape index (κ1) is 15.5. The van der Waals surface area contributed by atoms with Gasteiger partial charge in [0.25, 0.3) is 0 Å². The minimum atomic E-state index is -0.307. The fourth-order valence-electron chi connectivity index (χ4n) is 1.85. The first-order chi connectivity index (χ1) is 10.0. The van der Waals surface area contributed by atoms with Crippen LogP contribution in [0.4, 0.5) is 0 Å². The smallest absolute Gasteiger partial charge is 0.350 e. The minimum absolute atomic E-state index is 0.147. The first-order valence-electron chi connectivity index (χ1n) is 6.93. The van der Waals surface area contributed by atoms with Gasteiger partial charge in [0.1, 0.15) is 15.6 Å². The molecule has 0 atom stereocenters. The quantitative estimate of drug-likeness (QED) is 0.781. The van der Waals surface area contributed by atoms with Gasteiger partial charge in [-0.2, -0.15) is 0 Å². The van der Waals surface area contributed by atoms with Crippen molar-refractivity contribution < 1.29 is 14.3 Å². The third-order valence-electron chi connectivity index (χ3n) is 2.73. The third kappa shape index (κ3) is 3.82. The average molecular weight is 305 g/mol. The van der Waals surface area contributed by atoms with E-state index in [4.69, 9.17) is 9.47 Å². The lowest BCUT2D eigenvalue weighted by atomic mass is 10.2. The maximum absolute atomic E-state index is 11.8. The second kappa shape index (κ2) is 6.72. The molecule has 21 heavy (non-hydrogen) atoms. The van der Waals surface area contributed by atoms with Crippen LogP contribution in [0.5, 0.6) is 5.75 Å². The molecule has 0 unspecified atom stereocenters. The number of thiazole rings is 1. The molecular formula is C16H19NO3S. The van der Waals surface area contributed by atoms with E-state index in [1.807, 2.05) is 45.0 Å². The van der Waals surface area contributed by atoms with Crippen molar-refractivity contribution in [3.8, 4) is 16.3 Å². The van der Waals surface area contributed by atoms with E-state index < -0.39 is 0 Å². The highest BCUT2D eigenvalue weighted by Gasteiger charge is 2.17. The van der Waals surface area contributed by atoms with Gasteiger partial charge in [-0.25, -0.2) is 9.78 Å². The Morgan fingerprint density at radius 1 is 1.29 bits per heavy atom. The lowest BCUT2D eigenvalue weighted by molar-refractivity contribution is 0.0531. The Balaban J connectivity index is 2.22. The lowest BCUT2D eigenvalue weighted by Gasteiger charge is -2.09.